The van der Waals surface area contributed by atoms with Gasteiger partial charge in [0.1, 0.15) is 17.2 Å². The lowest BCUT2D eigenvalue weighted by atomic mass is 9.74. The Hall–Kier alpha value is -3.97. The topological polar surface area (TPSA) is 151 Å². The maximum atomic E-state index is 13.3. The van der Waals surface area contributed by atoms with Gasteiger partial charge in [-0.2, -0.15) is 18.2 Å². The molecule has 0 aliphatic carbocycles. The summed E-state index contributed by atoms with van der Waals surface area (Å²) in [5.41, 5.74) is 6.47. The molecule has 10 nitrogen and oxygen atoms in total. The predicted octanol–water partition coefficient (Wildman–Crippen LogP) is 2.18. The molecule has 2 aromatic rings. The fraction of sp³-hybridized carbons (Fsp3) is 0.409. The van der Waals surface area contributed by atoms with Gasteiger partial charge in [-0.3, -0.25) is 10.1 Å². The van der Waals surface area contributed by atoms with Crippen LogP contribution in [0.3, 0.4) is 0 Å². The number of imide groups is 1. The molecule has 2 aliphatic heterocycles. The number of alkyl halides is 3. The van der Waals surface area contributed by atoms with Crippen LogP contribution in [0.2, 0.25) is 0 Å². The second-order valence-electron chi connectivity index (χ2n) is 8.49. The standard InChI is InChI=1S/C20H23FN6O2.C2HF3O2/c1-12-11-23-18(24-16(12)22)27-8-6-14(7-9-27)20(17(28)25-19(29)26-20)10-13-2-4-15(21)5-3-13;3-2(4,5)1(6)7/h2-5,11,14H,6-10H2,1H3,(H2,22,23,24)(H2,25,26,28,29);(H,6,7). The van der Waals surface area contributed by atoms with E-state index in [0.717, 1.165) is 11.1 Å². The Bertz CT molecular complexity index is 1140. The molecule has 0 saturated carbocycles. The minimum absolute atomic E-state index is 0.0713. The van der Waals surface area contributed by atoms with Crippen LogP contribution >= 0.6 is 0 Å². The monoisotopic (exact) mass is 512 g/mol. The molecule has 3 heterocycles. The lowest BCUT2D eigenvalue weighted by molar-refractivity contribution is -0.192. The van der Waals surface area contributed by atoms with E-state index in [1.54, 1.807) is 18.3 Å². The molecule has 2 fully saturated rings. The summed E-state index contributed by atoms with van der Waals surface area (Å²) in [7, 11) is 0. The first-order chi connectivity index (χ1) is 16.8. The molecule has 2 aliphatic rings. The molecule has 1 aromatic carbocycles. The number of amides is 3. The number of halogens is 4. The SMILES string of the molecule is Cc1cnc(N2CCC(C3(Cc4ccc(F)cc4)NC(=O)NC3=O)CC2)nc1N.O=C(O)C(F)(F)F. The van der Waals surface area contributed by atoms with Crippen molar-refractivity contribution in [3.8, 4) is 0 Å². The van der Waals surface area contributed by atoms with Gasteiger partial charge in [0.05, 0.1) is 0 Å². The summed E-state index contributed by atoms with van der Waals surface area (Å²) in [4.78, 5) is 44.4. The summed E-state index contributed by atoms with van der Waals surface area (Å²) in [6, 6.07) is 5.52. The van der Waals surface area contributed by atoms with E-state index in [0.29, 0.717) is 44.1 Å². The minimum atomic E-state index is -5.08. The van der Waals surface area contributed by atoms with Gasteiger partial charge in [-0.1, -0.05) is 12.1 Å². The quantitative estimate of drug-likeness (QED) is 0.360. The van der Waals surface area contributed by atoms with Gasteiger partial charge in [-0.15, -0.1) is 0 Å². The summed E-state index contributed by atoms with van der Waals surface area (Å²) >= 11 is 0. The number of aromatic nitrogens is 2. The number of nitrogens with zero attached hydrogens (tertiary/aromatic N) is 3. The predicted molar refractivity (Wildman–Crippen MR) is 119 cm³/mol. The first-order valence-electron chi connectivity index (χ1n) is 10.8. The van der Waals surface area contributed by atoms with Crippen molar-refractivity contribution in [2.24, 2.45) is 5.92 Å². The Labute approximate surface area is 202 Å². The molecule has 1 atom stereocenters. The smallest absolute Gasteiger partial charge is 0.475 e. The number of nitrogens with two attached hydrogens (primary N) is 1. The van der Waals surface area contributed by atoms with Crippen LogP contribution in [0.25, 0.3) is 0 Å². The lowest BCUT2D eigenvalue weighted by Gasteiger charge is -2.40. The van der Waals surface area contributed by atoms with Gasteiger partial charge in [0.15, 0.2) is 0 Å². The maximum Gasteiger partial charge on any atom is 0.490 e. The molecule has 0 spiro atoms. The highest BCUT2D eigenvalue weighted by Crippen LogP contribution is 2.35. The van der Waals surface area contributed by atoms with Crippen molar-refractivity contribution in [2.75, 3.05) is 23.7 Å². The number of carboxylic acids is 1. The number of anilines is 2. The third-order valence-electron chi connectivity index (χ3n) is 6.08. The zero-order valence-electron chi connectivity index (χ0n) is 19.1. The summed E-state index contributed by atoms with van der Waals surface area (Å²) in [5.74, 6) is -2.48. The average molecular weight is 512 g/mol. The van der Waals surface area contributed by atoms with Crippen LogP contribution in [0.4, 0.5) is 34.1 Å². The summed E-state index contributed by atoms with van der Waals surface area (Å²) in [5, 5.41) is 12.4. The first-order valence-corrected chi connectivity index (χ1v) is 10.8. The van der Waals surface area contributed by atoms with E-state index in [9.17, 15) is 27.2 Å². The average Bonchev–Trinajstić information content (AvgIpc) is 3.10. The Morgan fingerprint density at radius 1 is 1.22 bits per heavy atom. The van der Waals surface area contributed by atoms with Crippen molar-refractivity contribution in [1.82, 2.24) is 20.6 Å². The van der Waals surface area contributed by atoms with Crippen molar-refractivity contribution in [3.05, 3.63) is 47.4 Å². The molecule has 0 bridgehead atoms. The Balaban J connectivity index is 0.000000454. The van der Waals surface area contributed by atoms with E-state index in [4.69, 9.17) is 15.6 Å². The third kappa shape index (κ3) is 5.98. The second kappa shape index (κ2) is 10.3. The number of nitrogens with one attached hydrogen (secondary N) is 2. The number of aliphatic carboxylic acids is 1. The normalized spacial score (nSPS) is 20.3. The largest absolute Gasteiger partial charge is 0.490 e. The number of aryl methyl sites for hydroxylation is 1. The molecule has 2 saturated heterocycles. The molecule has 14 heteroatoms. The third-order valence-corrected chi connectivity index (χ3v) is 6.08. The van der Waals surface area contributed by atoms with Crippen LogP contribution in [-0.2, 0) is 16.0 Å². The highest BCUT2D eigenvalue weighted by molar-refractivity contribution is 6.07. The van der Waals surface area contributed by atoms with Gasteiger partial charge < -0.3 is 21.1 Å². The van der Waals surface area contributed by atoms with Crippen molar-refractivity contribution >= 4 is 29.7 Å². The summed E-state index contributed by atoms with van der Waals surface area (Å²) in [6.45, 7) is 3.13. The molecule has 1 aromatic heterocycles. The second-order valence-corrected chi connectivity index (χ2v) is 8.49. The molecular formula is C22H24F4N6O4. The Morgan fingerprint density at radius 3 is 2.28 bits per heavy atom. The van der Waals surface area contributed by atoms with Crippen LogP contribution in [0, 0.1) is 18.7 Å². The van der Waals surface area contributed by atoms with E-state index in [-0.39, 0.29) is 17.6 Å². The van der Waals surface area contributed by atoms with Gasteiger partial charge in [-0.25, -0.2) is 19.0 Å². The minimum Gasteiger partial charge on any atom is -0.475 e. The molecular weight excluding hydrogens is 488 g/mol. The van der Waals surface area contributed by atoms with E-state index >= 15 is 0 Å². The van der Waals surface area contributed by atoms with Crippen molar-refractivity contribution < 1.29 is 37.1 Å². The van der Waals surface area contributed by atoms with Gasteiger partial charge >= 0.3 is 18.2 Å². The van der Waals surface area contributed by atoms with E-state index in [1.165, 1.54) is 12.1 Å². The first kappa shape index (κ1) is 26.6. The summed E-state index contributed by atoms with van der Waals surface area (Å²) < 4.78 is 45.0. The molecule has 0 radical (unpaired) electrons. The Kier molecular flexibility index (Phi) is 7.65. The van der Waals surface area contributed by atoms with Gasteiger partial charge in [0.2, 0.25) is 5.95 Å². The van der Waals surface area contributed by atoms with Crippen LogP contribution in [0.15, 0.2) is 30.5 Å². The van der Waals surface area contributed by atoms with Crippen molar-refractivity contribution in [2.45, 2.75) is 37.9 Å². The number of carboxylic acid groups (broad SMARTS) is 1. The zero-order valence-corrected chi connectivity index (χ0v) is 19.1. The number of piperidine rings is 1. The van der Waals surface area contributed by atoms with Crippen LogP contribution in [-0.4, -0.2) is 57.8 Å². The van der Waals surface area contributed by atoms with E-state index in [2.05, 4.69) is 20.6 Å². The van der Waals surface area contributed by atoms with E-state index < -0.39 is 23.7 Å². The number of hydrogen-bond acceptors (Lipinski definition) is 7. The lowest BCUT2D eigenvalue weighted by Crippen LogP contribution is -2.57. The number of nitrogen functional groups attached to an aromatic ring is 1. The fourth-order valence-corrected chi connectivity index (χ4v) is 4.16. The van der Waals surface area contributed by atoms with Gasteiger partial charge in [-0.05, 0) is 43.4 Å². The number of hydrogen-bond donors (Lipinski definition) is 4. The number of benzene rings is 1. The maximum absolute atomic E-state index is 13.3. The molecule has 5 N–H and O–H groups in total. The van der Waals surface area contributed by atoms with Crippen LogP contribution in [0.5, 0.6) is 0 Å². The van der Waals surface area contributed by atoms with Crippen LogP contribution < -0.4 is 21.3 Å². The molecule has 194 valence electrons. The highest BCUT2D eigenvalue weighted by Gasteiger charge is 2.52. The fourth-order valence-electron chi connectivity index (χ4n) is 4.16. The van der Waals surface area contributed by atoms with Crippen LogP contribution in [0.1, 0.15) is 24.0 Å². The molecule has 4 rings (SSSR count). The number of carbonyl (C=O) groups is 3. The number of carbonyl (C=O) groups excluding carboxylic acids is 2. The zero-order chi connectivity index (χ0) is 26.7. The molecule has 1 unspecified atom stereocenters. The highest BCUT2D eigenvalue weighted by atomic mass is 19.4. The van der Waals surface area contributed by atoms with E-state index in [1.807, 2.05) is 11.8 Å². The van der Waals surface area contributed by atoms with Gasteiger partial charge in [0, 0.05) is 31.3 Å². The number of urea groups is 1. The number of rotatable bonds is 4. The molecule has 36 heavy (non-hydrogen) atoms. The van der Waals surface area contributed by atoms with Crippen molar-refractivity contribution in [1.29, 1.82) is 0 Å². The van der Waals surface area contributed by atoms with Gasteiger partial charge in [0.25, 0.3) is 5.91 Å². The van der Waals surface area contributed by atoms with Crippen molar-refractivity contribution in [3.63, 3.8) is 0 Å². The molecule has 3 amide bonds. The Morgan fingerprint density at radius 2 is 1.81 bits per heavy atom. The summed E-state index contributed by atoms with van der Waals surface area (Å²) in [6.07, 6.45) is -1.73.